The molecule has 3 aromatic rings. The zero-order valence-electron chi connectivity index (χ0n) is 19.4. The fraction of sp³-hybridized carbons (Fsp3) is 0.346. The molecule has 1 aliphatic carbocycles. The minimum absolute atomic E-state index is 0.181. The average Bonchev–Trinajstić information content (AvgIpc) is 3.16. The molecule has 33 heavy (non-hydrogen) atoms. The predicted octanol–water partition coefficient (Wildman–Crippen LogP) is 5.81. The lowest BCUT2D eigenvalue weighted by Gasteiger charge is -2.33. The number of hydrogen-bond acceptors (Lipinski definition) is 5. The number of rotatable bonds is 5. The van der Waals surface area contributed by atoms with Gasteiger partial charge in [0, 0.05) is 17.3 Å². The third kappa shape index (κ3) is 4.93. The number of fused-ring (bicyclic) bond motifs is 1. The number of nitrogens with one attached hydrogen (secondary N) is 2. The molecule has 172 valence electrons. The van der Waals surface area contributed by atoms with Crippen LogP contribution in [0.15, 0.2) is 48.8 Å². The molecule has 6 nitrogen and oxygen atoms in total. The summed E-state index contributed by atoms with van der Waals surface area (Å²) in [4.78, 5) is 31.6. The molecule has 0 saturated heterocycles. The Labute approximate surface area is 198 Å². The maximum absolute atomic E-state index is 13.5. The van der Waals surface area contributed by atoms with Crippen molar-refractivity contribution in [3.05, 3.63) is 70.4 Å². The molecule has 2 aromatic heterocycles. The van der Waals surface area contributed by atoms with E-state index in [2.05, 4.69) is 36.4 Å². The van der Waals surface area contributed by atoms with Crippen LogP contribution in [-0.2, 0) is 12.8 Å². The van der Waals surface area contributed by atoms with Crippen LogP contribution in [0.4, 0.5) is 10.7 Å². The molecule has 0 saturated carbocycles. The molecule has 0 aliphatic heterocycles. The Kier molecular flexibility index (Phi) is 6.51. The number of hydrogen-bond donors (Lipinski definition) is 2. The Morgan fingerprint density at radius 1 is 1.09 bits per heavy atom. The Hall–Kier alpha value is -3.19. The number of aromatic nitrogens is 1. The number of ether oxygens (including phenoxy) is 1. The van der Waals surface area contributed by atoms with Gasteiger partial charge >= 0.3 is 0 Å². The molecule has 0 unspecified atom stereocenters. The number of methoxy groups -OCH3 is 1. The van der Waals surface area contributed by atoms with Gasteiger partial charge in [-0.2, -0.15) is 0 Å². The predicted molar refractivity (Wildman–Crippen MR) is 132 cm³/mol. The number of thiophene rings is 1. The standard InChI is InChI=1S/C26H29N3O3S/c1-26(2,3)17-11-12-18-21(14-17)33-25(29-23(30)16-8-7-13-27-15-16)22(18)24(31)28-19-9-5-6-10-20(19)32-4/h5-10,13,15,17H,11-12,14H2,1-4H3,(H,28,31)(H,29,30)/t17-/m0/s1. The maximum Gasteiger partial charge on any atom is 0.259 e. The van der Waals surface area contributed by atoms with E-state index in [1.165, 1.54) is 22.4 Å². The van der Waals surface area contributed by atoms with E-state index in [1.807, 2.05) is 12.1 Å². The number of carbonyl (C=O) groups is 2. The second kappa shape index (κ2) is 9.35. The highest BCUT2D eigenvalue weighted by atomic mass is 32.1. The van der Waals surface area contributed by atoms with E-state index in [9.17, 15) is 9.59 Å². The Morgan fingerprint density at radius 2 is 1.88 bits per heavy atom. The van der Waals surface area contributed by atoms with Gasteiger partial charge in [-0.25, -0.2) is 0 Å². The van der Waals surface area contributed by atoms with Crippen LogP contribution in [-0.4, -0.2) is 23.9 Å². The van der Waals surface area contributed by atoms with Crippen LogP contribution in [0.25, 0.3) is 0 Å². The van der Waals surface area contributed by atoms with Gasteiger partial charge in [0.15, 0.2) is 0 Å². The van der Waals surface area contributed by atoms with Gasteiger partial charge in [0.25, 0.3) is 11.8 Å². The summed E-state index contributed by atoms with van der Waals surface area (Å²) in [5.74, 6) is 0.590. The molecule has 2 heterocycles. The fourth-order valence-corrected chi connectivity index (χ4v) is 5.58. The van der Waals surface area contributed by atoms with E-state index in [0.717, 1.165) is 24.8 Å². The van der Waals surface area contributed by atoms with Crippen LogP contribution >= 0.6 is 11.3 Å². The van der Waals surface area contributed by atoms with Crippen molar-refractivity contribution in [2.45, 2.75) is 40.0 Å². The number of benzene rings is 1. The summed E-state index contributed by atoms with van der Waals surface area (Å²) in [6, 6.07) is 10.7. The molecule has 0 bridgehead atoms. The Bertz CT molecular complexity index is 1170. The van der Waals surface area contributed by atoms with Crippen LogP contribution in [0.1, 0.15) is 58.3 Å². The second-order valence-corrected chi connectivity index (χ2v) is 10.5. The lowest BCUT2D eigenvalue weighted by molar-refractivity contribution is 0.102. The minimum Gasteiger partial charge on any atom is -0.495 e. The number of amides is 2. The third-order valence-corrected chi connectivity index (χ3v) is 7.39. The zero-order valence-corrected chi connectivity index (χ0v) is 20.2. The first-order valence-electron chi connectivity index (χ1n) is 11.1. The normalized spacial score (nSPS) is 15.5. The summed E-state index contributed by atoms with van der Waals surface area (Å²) < 4.78 is 5.39. The monoisotopic (exact) mass is 463 g/mol. The first kappa shape index (κ1) is 23.0. The summed E-state index contributed by atoms with van der Waals surface area (Å²) in [6.07, 6.45) is 5.87. The van der Waals surface area contributed by atoms with Crippen molar-refractivity contribution in [2.75, 3.05) is 17.7 Å². The van der Waals surface area contributed by atoms with Crippen molar-refractivity contribution >= 4 is 33.8 Å². The molecule has 7 heteroatoms. The van der Waals surface area contributed by atoms with Crippen LogP contribution < -0.4 is 15.4 Å². The topological polar surface area (TPSA) is 80.3 Å². The molecule has 0 radical (unpaired) electrons. The van der Waals surface area contributed by atoms with Crippen LogP contribution in [0.2, 0.25) is 0 Å². The van der Waals surface area contributed by atoms with Crippen molar-refractivity contribution in [3.63, 3.8) is 0 Å². The van der Waals surface area contributed by atoms with E-state index < -0.39 is 0 Å². The highest BCUT2D eigenvalue weighted by molar-refractivity contribution is 7.17. The van der Waals surface area contributed by atoms with E-state index in [-0.39, 0.29) is 17.2 Å². The van der Waals surface area contributed by atoms with Gasteiger partial charge < -0.3 is 15.4 Å². The number of nitrogens with zero attached hydrogens (tertiary/aromatic N) is 1. The summed E-state index contributed by atoms with van der Waals surface area (Å²) >= 11 is 1.51. The first-order chi connectivity index (χ1) is 15.8. The molecule has 1 aliphatic rings. The highest BCUT2D eigenvalue weighted by Gasteiger charge is 2.34. The molecule has 0 fully saturated rings. The SMILES string of the molecule is COc1ccccc1NC(=O)c1c(NC(=O)c2cccnc2)sc2c1CC[C@H](C(C)(C)C)C2. The van der Waals surface area contributed by atoms with Gasteiger partial charge in [-0.15, -0.1) is 11.3 Å². The molecule has 2 N–H and O–H groups in total. The number of anilines is 2. The molecule has 1 aromatic carbocycles. The van der Waals surface area contributed by atoms with E-state index in [4.69, 9.17) is 4.74 Å². The van der Waals surface area contributed by atoms with Gasteiger partial charge in [-0.3, -0.25) is 14.6 Å². The number of carbonyl (C=O) groups excluding carboxylic acids is 2. The van der Waals surface area contributed by atoms with Crippen LogP contribution in [0.5, 0.6) is 5.75 Å². The average molecular weight is 464 g/mol. The zero-order chi connectivity index (χ0) is 23.6. The highest BCUT2D eigenvalue weighted by Crippen LogP contribution is 2.44. The lowest BCUT2D eigenvalue weighted by atomic mass is 9.72. The van der Waals surface area contributed by atoms with E-state index >= 15 is 0 Å². The lowest BCUT2D eigenvalue weighted by Crippen LogP contribution is -2.27. The third-order valence-electron chi connectivity index (χ3n) is 6.22. The fourth-order valence-electron chi connectivity index (χ4n) is 4.26. The molecule has 4 rings (SSSR count). The van der Waals surface area contributed by atoms with Gasteiger partial charge in [-0.05, 0) is 60.4 Å². The first-order valence-corrected chi connectivity index (χ1v) is 11.9. The number of pyridine rings is 1. The summed E-state index contributed by atoms with van der Waals surface area (Å²) in [5, 5.41) is 6.55. The Morgan fingerprint density at radius 3 is 2.58 bits per heavy atom. The molecular weight excluding hydrogens is 434 g/mol. The van der Waals surface area contributed by atoms with Gasteiger partial charge in [-0.1, -0.05) is 32.9 Å². The van der Waals surface area contributed by atoms with E-state index in [0.29, 0.717) is 33.5 Å². The Balaban J connectivity index is 1.70. The van der Waals surface area contributed by atoms with Crippen LogP contribution in [0, 0.1) is 11.3 Å². The summed E-state index contributed by atoms with van der Waals surface area (Å²) in [7, 11) is 1.57. The number of para-hydroxylation sites is 2. The van der Waals surface area contributed by atoms with Crippen molar-refractivity contribution in [1.82, 2.24) is 4.98 Å². The van der Waals surface area contributed by atoms with Gasteiger partial charge in [0.2, 0.25) is 0 Å². The largest absolute Gasteiger partial charge is 0.495 e. The van der Waals surface area contributed by atoms with Crippen molar-refractivity contribution in [1.29, 1.82) is 0 Å². The summed E-state index contributed by atoms with van der Waals surface area (Å²) in [5.41, 5.74) is 2.81. The molecule has 0 spiro atoms. The molecular formula is C26H29N3O3S. The van der Waals surface area contributed by atoms with E-state index in [1.54, 1.807) is 37.6 Å². The quantitative estimate of drug-likeness (QED) is 0.501. The van der Waals surface area contributed by atoms with Crippen molar-refractivity contribution < 1.29 is 14.3 Å². The molecule has 2 amide bonds. The van der Waals surface area contributed by atoms with Gasteiger partial charge in [0.1, 0.15) is 10.8 Å². The minimum atomic E-state index is -0.277. The van der Waals surface area contributed by atoms with Crippen LogP contribution in [0.3, 0.4) is 0 Å². The van der Waals surface area contributed by atoms with Crippen molar-refractivity contribution in [2.24, 2.45) is 11.3 Å². The second-order valence-electron chi connectivity index (χ2n) is 9.36. The van der Waals surface area contributed by atoms with Gasteiger partial charge in [0.05, 0.1) is 23.9 Å². The maximum atomic E-state index is 13.5. The van der Waals surface area contributed by atoms with Crippen molar-refractivity contribution in [3.8, 4) is 5.75 Å². The summed E-state index contributed by atoms with van der Waals surface area (Å²) in [6.45, 7) is 6.78. The molecule has 1 atom stereocenters. The smallest absolute Gasteiger partial charge is 0.259 e.